The second kappa shape index (κ2) is 17.2. The molecule has 0 aromatic heterocycles. The summed E-state index contributed by atoms with van der Waals surface area (Å²) in [7, 11) is 0. The van der Waals surface area contributed by atoms with Crippen molar-refractivity contribution in [1.29, 1.82) is 0 Å². The Morgan fingerprint density at radius 1 is 1.08 bits per heavy atom. The number of ether oxygens (including phenoxy) is 1. The van der Waals surface area contributed by atoms with Crippen molar-refractivity contribution in [3.05, 3.63) is 29.8 Å². The summed E-state index contributed by atoms with van der Waals surface area (Å²) in [5.74, 6) is 0.0299. The molecule has 210 valence electrons. The number of unbranched alkanes of at least 4 members (excludes halogenated alkanes) is 4. The van der Waals surface area contributed by atoms with Crippen LogP contribution in [-0.4, -0.2) is 64.7 Å². The van der Waals surface area contributed by atoms with Gasteiger partial charge in [0.1, 0.15) is 23.4 Å². The SMILES string of the molecule is CCCCCCN(C(=O)C(CCSC)NC(=O)OC(C)(C)C)C(C(=O)NCCCC)c1cccc(O)c1. The van der Waals surface area contributed by atoms with Crippen LogP contribution in [0.1, 0.15) is 91.2 Å². The second-order valence-corrected chi connectivity index (χ2v) is 11.2. The second-order valence-electron chi connectivity index (χ2n) is 10.2. The molecule has 0 spiro atoms. The van der Waals surface area contributed by atoms with Gasteiger partial charge in [-0.3, -0.25) is 9.59 Å². The molecule has 9 heteroatoms. The van der Waals surface area contributed by atoms with E-state index in [2.05, 4.69) is 17.6 Å². The zero-order valence-corrected chi connectivity index (χ0v) is 24.3. The van der Waals surface area contributed by atoms with Crippen LogP contribution in [0.25, 0.3) is 0 Å². The number of amides is 3. The van der Waals surface area contributed by atoms with Crippen LogP contribution in [0.15, 0.2) is 24.3 Å². The van der Waals surface area contributed by atoms with Crippen LogP contribution < -0.4 is 10.6 Å². The number of aromatic hydroxyl groups is 1. The topological polar surface area (TPSA) is 108 Å². The average Bonchev–Trinajstić information content (AvgIpc) is 2.82. The largest absolute Gasteiger partial charge is 0.508 e. The molecule has 0 radical (unpaired) electrons. The van der Waals surface area contributed by atoms with Crippen LogP contribution in [0.3, 0.4) is 0 Å². The Morgan fingerprint density at radius 3 is 2.38 bits per heavy atom. The molecule has 2 unspecified atom stereocenters. The number of alkyl carbamates (subject to hydrolysis) is 1. The monoisotopic (exact) mass is 537 g/mol. The minimum Gasteiger partial charge on any atom is -0.508 e. The first-order chi connectivity index (χ1) is 17.5. The van der Waals surface area contributed by atoms with Gasteiger partial charge in [-0.05, 0) is 69.7 Å². The number of hydrogen-bond donors (Lipinski definition) is 3. The van der Waals surface area contributed by atoms with Crippen LogP contribution in [0.5, 0.6) is 5.75 Å². The quantitative estimate of drug-likeness (QED) is 0.244. The molecule has 3 N–H and O–H groups in total. The predicted octanol–water partition coefficient (Wildman–Crippen LogP) is 5.40. The van der Waals surface area contributed by atoms with Crippen LogP contribution in [0.4, 0.5) is 4.79 Å². The summed E-state index contributed by atoms with van der Waals surface area (Å²) in [6.07, 6.45) is 7.11. The highest BCUT2D eigenvalue weighted by Crippen LogP contribution is 2.27. The lowest BCUT2D eigenvalue weighted by Gasteiger charge is -2.34. The van der Waals surface area contributed by atoms with Gasteiger partial charge >= 0.3 is 6.09 Å². The molecule has 0 aliphatic rings. The molecular formula is C28H47N3O5S. The van der Waals surface area contributed by atoms with Gasteiger partial charge in [0, 0.05) is 13.1 Å². The third-order valence-electron chi connectivity index (χ3n) is 5.71. The van der Waals surface area contributed by atoms with Crippen molar-refractivity contribution in [3.63, 3.8) is 0 Å². The van der Waals surface area contributed by atoms with Crippen molar-refractivity contribution < 1.29 is 24.2 Å². The van der Waals surface area contributed by atoms with E-state index >= 15 is 0 Å². The first kappa shape index (κ1) is 32.6. The van der Waals surface area contributed by atoms with E-state index in [1.807, 2.05) is 13.2 Å². The van der Waals surface area contributed by atoms with Crippen molar-refractivity contribution in [3.8, 4) is 5.75 Å². The standard InChI is InChI=1S/C28H47N3O5S/c1-7-9-11-12-18-31(26(34)23(16-19-37-6)30-27(35)36-28(3,4)5)24(25(33)29-17-10-8-2)21-14-13-15-22(32)20-21/h13-15,20,23-24,32H,7-12,16-19H2,1-6H3,(H,29,33)(H,30,35). The maximum atomic E-state index is 14.1. The van der Waals surface area contributed by atoms with E-state index in [4.69, 9.17) is 4.74 Å². The fraction of sp³-hybridized carbons (Fsp3) is 0.679. The van der Waals surface area contributed by atoms with Gasteiger partial charge in [-0.2, -0.15) is 11.8 Å². The molecule has 3 amide bonds. The van der Waals surface area contributed by atoms with Crippen molar-refractivity contribution in [2.45, 2.75) is 97.2 Å². The summed E-state index contributed by atoms with van der Waals surface area (Å²) in [4.78, 5) is 41.8. The van der Waals surface area contributed by atoms with Crippen LogP contribution in [-0.2, 0) is 14.3 Å². The van der Waals surface area contributed by atoms with Gasteiger partial charge in [-0.1, -0.05) is 51.7 Å². The third-order valence-corrected chi connectivity index (χ3v) is 6.35. The molecule has 1 rings (SSSR count). The number of phenols is 1. The Morgan fingerprint density at radius 2 is 1.78 bits per heavy atom. The lowest BCUT2D eigenvalue weighted by Crippen LogP contribution is -2.53. The van der Waals surface area contributed by atoms with Crippen molar-refractivity contribution in [2.24, 2.45) is 0 Å². The van der Waals surface area contributed by atoms with Crippen LogP contribution >= 0.6 is 11.8 Å². The van der Waals surface area contributed by atoms with Gasteiger partial charge in [0.05, 0.1) is 0 Å². The number of rotatable bonds is 16. The van der Waals surface area contributed by atoms with Gasteiger partial charge in [-0.15, -0.1) is 0 Å². The smallest absolute Gasteiger partial charge is 0.408 e. The molecule has 1 aromatic rings. The van der Waals surface area contributed by atoms with E-state index in [9.17, 15) is 19.5 Å². The zero-order valence-electron chi connectivity index (χ0n) is 23.5. The molecule has 0 saturated carbocycles. The van der Waals surface area contributed by atoms with Gasteiger partial charge in [0.2, 0.25) is 11.8 Å². The number of nitrogens with one attached hydrogen (secondary N) is 2. The average molecular weight is 538 g/mol. The third kappa shape index (κ3) is 12.6. The lowest BCUT2D eigenvalue weighted by atomic mass is 10.0. The molecule has 0 aliphatic carbocycles. The van der Waals surface area contributed by atoms with E-state index in [1.54, 1.807) is 49.6 Å². The molecule has 1 aromatic carbocycles. The van der Waals surface area contributed by atoms with Crippen molar-refractivity contribution in [1.82, 2.24) is 15.5 Å². The highest BCUT2D eigenvalue weighted by molar-refractivity contribution is 7.98. The highest BCUT2D eigenvalue weighted by atomic mass is 32.2. The summed E-state index contributed by atoms with van der Waals surface area (Å²) in [6, 6.07) is 4.69. The maximum absolute atomic E-state index is 14.1. The maximum Gasteiger partial charge on any atom is 0.408 e. The summed E-state index contributed by atoms with van der Waals surface area (Å²) >= 11 is 1.58. The van der Waals surface area contributed by atoms with Crippen LogP contribution in [0.2, 0.25) is 0 Å². The van der Waals surface area contributed by atoms with E-state index in [1.165, 1.54) is 12.1 Å². The lowest BCUT2D eigenvalue weighted by molar-refractivity contribution is -0.142. The minimum atomic E-state index is -0.935. The Bertz CT molecular complexity index is 843. The molecule has 37 heavy (non-hydrogen) atoms. The summed E-state index contributed by atoms with van der Waals surface area (Å²) in [5.41, 5.74) is -0.181. The highest BCUT2D eigenvalue weighted by Gasteiger charge is 2.36. The minimum absolute atomic E-state index is 0.0213. The number of carbonyl (C=O) groups excluding carboxylic acids is 3. The van der Waals surface area contributed by atoms with E-state index in [0.717, 1.165) is 38.5 Å². The number of benzene rings is 1. The summed E-state index contributed by atoms with van der Waals surface area (Å²) < 4.78 is 5.43. The molecule has 0 saturated heterocycles. The molecule has 0 heterocycles. The predicted molar refractivity (Wildman–Crippen MR) is 151 cm³/mol. The molecular weight excluding hydrogens is 490 g/mol. The summed E-state index contributed by atoms with van der Waals surface area (Å²) in [5, 5.41) is 15.9. The molecule has 0 aliphatic heterocycles. The van der Waals surface area contributed by atoms with Gasteiger partial charge in [-0.25, -0.2) is 4.79 Å². The number of carbonyl (C=O) groups is 3. The zero-order chi connectivity index (χ0) is 27.8. The van der Waals surface area contributed by atoms with Crippen LogP contribution in [0, 0.1) is 0 Å². The molecule has 0 fully saturated rings. The molecule has 0 bridgehead atoms. The number of thioether (sulfide) groups is 1. The fourth-order valence-corrected chi connectivity index (χ4v) is 4.34. The number of nitrogens with zero attached hydrogens (tertiary/aromatic N) is 1. The van der Waals surface area contributed by atoms with Gasteiger partial charge in [0.25, 0.3) is 0 Å². The van der Waals surface area contributed by atoms with E-state index in [0.29, 0.717) is 30.8 Å². The first-order valence-electron chi connectivity index (χ1n) is 13.4. The number of hydrogen-bond acceptors (Lipinski definition) is 6. The Hall–Kier alpha value is -2.42. The molecule has 2 atom stereocenters. The van der Waals surface area contributed by atoms with E-state index < -0.39 is 23.8 Å². The van der Waals surface area contributed by atoms with Crippen molar-refractivity contribution >= 4 is 29.7 Å². The summed E-state index contributed by atoms with van der Waals surface area (Å²) in [6.45, 7) is 10.3. The Labute approximate surface area is 227 Å². The Balaban J connectivity index is 3.41. The van der Waals surface area contributed by atoms with Gasteiger partial charge in [0.15, 0.2) is 0 Å². The molecule has 8 nitrogen and oxygen atoms in total. The number of phenolic OH excluding ortho intramolecular Hbond substituents is 1. The van der Waals surface area contributed by atoms with Gasteiger partial charge < -0.3 is 25.4 Å². The van der Waals surface area contributed by atoms with E-state index in [-0.39, 0.29) is 17.6 Å². The first-order valence-corrected chi connectivity index (χ1v) is 14.8. The Kier molecular flexibility index (Phi) is 15.1. The van der Waals surface area contributed by atoms with Crippen molar-refractivity contribution in [2.75, 3.05) is 25.1 Å². The normalized spacial score (nSPS) is 12.9. The fourth-order valence-electron chi connectivity index (χ4n) is 3.87.